The summed E-state index contributed by atoms with van der Waals surface area (Å²) in [4.78, 5) is 26.0. The molecule has 0 bridgehead atoms. The summed E-state index contributed by atoms with van der Waals surface area (Å²) in [5, 5.41) is 9.27. The molecule has 152 valence electrons. The molecule has 0 aliphatic carbocycles. The van der Waals surface area contributed by atoms with Crippen molar-refractivity contribution in [2.75, 3.05) is 57.3 Å². The zero-order valence-electron chi connectivity index (χ0n) is 16.6. The van der Waals surface area contributed by atoms with Crippen LogP contribution in [-0.4, -0.2) is 74.0 Å². The van der Waals surface area contributed by atoms with Gasteiger partial charge in [0.2, 0.25) is 11.8 Å². The number of hydrogen-bond acceptors (Lipinski definition) is 6. The molecular formula is C18H36N4O2S2. The Morgan fingerprint density at radius 3 is 2.19 bits per heavy atom. The van der Waals surface area contributed by atoms with Crippen LogP contribution in [0.15, 0.2) is 0 Å². The highest BCUT2D eigenvalue weighted by Crippen LogP contribution is 2.24. The van der Waals surface area contributed by atoms with Crippen LogP contribution in [0, 0.1) is 5.41 Å². The third-order valence-electron chi connectivity index (χ3n) is 4.56. The van der Waals surface area contributed by atoms with E-state index in [1.165, 1.54) is 0 Å². The summed E-state index contributed by atoms with van der Waals surface area (Å²) in [6.07, 6.45) is 2.17. The van der Waals surface area contributed by atoms with E-state index in [1.807, 2.05) is 0 Å². The highest BCUT2D eigenvalue weighted by molar-refractivity contribution is 8.76. The maximum atomic E-state index is 11.8. The minimum absolute atomic E-state index is 0.0784. The van der Waals surface area contributed by atoms with Crippen molar-refractivity contribution in [3.05, 3.63) is 0 Å². The van der Waals surface area contributed by atoms with Gasteiger partial charge in [-0.1, -0.05) is 48.8 Å². The van der Waals surface area contributed by atoms with Crippen LogP contribution in [0.4, 0.5) is 0 Å². The molecule has 0 saturated carbocycles. The van der Waals surface area contributed by atoms with Crippen LogP contribution in [0.5, 0.6) is 0 Å². The van der Waals surface area contributed by atoms with E-state index in [0.29, 0.717) is 25.9 Å². The van der Waals surface area contributed by atoms with Crippen molar-refractivity contribution in [1.82, 2.24) is 20.9 Å². The van der Waals surface area contributed by atoms with E-state index in [1.54, 1.807) is 21.6 Å². The first-order chi connectivity index (χ1) is 12.4. The SMILES string of the molecule is CCC(C)(C)CC(=O)NCCSSCCNC(=O)CCN1CCNCC1. The molecule has 0 unspecified atom stereocenters. The smallest absolute Gasteiger partial charge is 0.221 e. The number of nitrogens with one attached hydrogen (secondary N) is 3. The highest BCUT2D eigenvalue weighted by atomic mass is 33.1. The standard InChI is InChI=1S/C18H36N4O2S2/c1-4-18(2,3)15-17(24)21-9-14-26-25-13-8-20-16(23)5-10-22-11-6-19-7-12-22/h19H,4-15H2,1-3H3,(H,20,23)(H,21,24). The quantitative estimate of drug-likeness (QED) is 0.321. The zero-order chi connectivity index (χ0) is 19.3. The Morgan fingerprint density at radius 2 is 1.62 bits per heavy atom. The molecule has 0 aromatic heterocycles. The minimum atomic E-state index is 0.0784. The third-order valence-corrected chi connectivity index (χ3v) is 6.97. The summed E-state index contributed by atoms with van der Waals surface area (Å²) in [6.45, 7) is 12.7. The van der Waals surface area contributed by atoms with Gasteiger partial charge in [0, 0.05) is 70.2 Å². The predicted octanol–water partition coefficient (Wildman–Crippen LogP) is 1.72. The normalized spacial score (nSPS) is 15.7. The fourth-order valence-electron chi connectivity index (χ4n) is 2.49. The molecule has 0 atom stereocenters. The number of rotatable bonds is 13. The lowest BCUT2D eigenvalue weighted by Crippen LogP contribution is -2.44. The number of amides is 2. The third kappa shape index (κ3) is 12.0. The van der Waals surface area contributed by atoms with Gasteiger partial charge in [-0.25, -0.2) is 0 Å². The van der Waals surface area contributed by atoms with Gasteiger partial charge in [-0.15, -0.1) is 0 Å². The van der Waals surface area contributed by atoms with Crippen molar-refractivity contribution >= 4 is 33.4 Å². The van der Waals surface area contributed by atoms with E-state index in [-0.39, 0.29) is 17.2 Å². The van der Waals surface area contributed by atoms with Crippen LogP contribution in [0.25, 0.3) is 0 Å². The van der Waals surface area contributed by atoms with Crippen LogP contribution >= 0.6 is 21.6 Å². The molecule has 1 aliphatic rings. The average molecular weight is 405 g/mol. The molecule has 0 aromatic rings. The Balaban J connectivity index is 1.89. The molecular weight excluding hydrogens is 368 g/mol. The second-order valence-corrected chi connectivity index (χ2v) is 10.1. The number of hydrogen-bond donors (Lipinski definition) is 3. The van der Waals surface area contributed by atoms with Gasteiger partial charge in [0.05, 0.1) is 0 Å². The summed E-state index contributed by atoms with van der Waals surface area (Å²) in [5.74, 6) is 2.06. The minimum Gasteiger partial charge on any atom is -0.355 e. The second-order valence-electron chi connectivity index (χ2n) is 7.38. The van der Waals surface area contributed by atoms with Crippen molar-refractivity contribution < 1.29 is 9.59 Å². The molecule has 8 heteroatoms. The van der Waals surface area contributed by atoms with Gasteiger partial charge in [0.25, 0.3) is 0 Å². The lowest BCUT2D eigenvalue weighted by molar-refractivity contribution is -0.123. The van der Waals surface area contributed by atoms with Gasteiger partial charge >= 0.3 is 0 Å². The zero-order valence-corrected chi connectivity index (χ0v) is 18.2. The Kier molecular flexibility index (Phi) is 12.4. The average Bonchev–Trinajstić information content (AvgIpc) is 2.62. The van der Waals surface area contributed by atoms with Crippen molar-refractivity contribution in [2.24, 2.45) is 5.41 Å². The largest absolute Gasteiger partial charge is 0.355 e. The molecule has 0 aromatic carbocycles. The predicted molar refractivity (Wildman–Crippen MR) is 114 cm³/mol. The molecule has 1 heterocycles. The van der Waals surface area contributed by atoms with Crippen molar-refractivity contribution in [1.29, 1.82) is 0 Å². The summed E-state index contributed by atoms with van der Waals surface area (Å²) in [7, 11) is 3.48. The van der Waals surface area contributed by atoms with Crippen LogP contribution in [0.3, 0.4) is 0 Å². The van der Waals surface area contributed by atoms with Crippen LogP contribution < -0.4 is 16.0 Å². The summed E-state index contributed by atoms with van der Waals surface area (Å²) >= 11 is 0. The van der Waals surface area contributed by atoms with E-state index < -0.39 is 0 Å². The summed E-state index contributed by atoms with van der Waals surface area (Å²) in [6, 6.07) is 0. The number of nitrogens with zero attached hydrogens (tertiary/aromatic N) is 1. The second kappa shape index (κ2) is 13.7. The molecule has 1 saturated heterocycles. The van der Waals surface area contributed by atoms with Crippen LogP contribution in [0.2, 0.25) is 0 Å². The maximum absolute atomic E-state index is 11.8. The van der Waals surface area contributed by atoms with Crippen LogP contribution in [0.1, 0.15) is 40.0 Å². The van der Waals surface area contributed by atoms with Gasteiger partial charge < -0.3 is 20.9 Å². The molecule has 1 rings (SSSR count). The highest BCUT2D eigenvalue weighted by Gasteiger charge is 2.19. The lowest BCUT2D eigenvalue weighted by Gasteiger charge is -2.26. The Bertz CT molecular complexity index is 416. The molecule has 3 N–H and O–H groups in total. The van der Waals surface area contributed by atoms with Crippen molar-refractivity contribution in [2.45, 2.75) is 40.0 Å². The first-order valence-corrected chi connectivity index (χ1v) is 12.1. The van der Waals surface area contributed by atoms with Gasteiger partial charge in [-0.05, 0) is 5.41 Å². The number of piperazine rings is 1. The maximum Gasteiger partial charge on any atom is 0.221 e. The molecule has 1 fully saturated rings. The van der Waals surface area contributed by atoms with Gasteiger partial charge in [-0.3, -0.25) is 9.59 Å². The Labute approximate surface area is 166 Å². The lowest BCUT2D eigenvalue weighted by atomic mass is 9.86. The fraction of sp³-hybridized carbons (Fsp3) is 0.889. The molecule has 0 spiro atoms. The van der Waals surface area contributed by atoms with E-state index >= 15 is 0 Å². The summed E-state index contributed by atoms with van der Waals surface area (Å²) in [5.41, 5.74) is 0.0784. The Hall–Kier alpha value is -0.440. The molecule has 2 amide bonds. The summed E-state index contributed by atoms with van der Waals surface area (Å²) < 4.78 is 0. The molecule has 26 heavy (non-hydrogen) atoms. The van der Waals surface area contributed by atoms with Gasteiger partial charge in [0.15, 0.2) is 0 Å². The Morgan fingerprint density at radius 1 is 1.04 bits per heavy atom. The van der Waals surface area contributed by atoms with Crippen molar-refractivity contribution in [3.63, 3.8) is 0 Å². The van der Waals surface area contributed by atoms with Gasteiger partial charge in [-0.2, -0.15) is 0 Å². The van der Waals surface area contributed by atoms with Crippen molar-refractivity contribution in [3.8, 4) is 0 Å². The number of carbonyl (C=O) groups is 2. The first-order valence-electron chi connectivity index (χ1n) is 9.64. The molecule has 6 nitrogen and oxygen atoms in total. The van der Waals surface area contributed by atoms with E-state index in [0.717, 1.165) is 50.7 Å². The van der Waals surface area contributed by atoms with Gasteiger partial charge in [0.1, 0.15) is 0 Å². The monoisotopic (exact) mass is 404 g/mol. The van der Waals surface area contributed by atoms with E-state index in [4.69, 9.17) is 0 Å². The topological polar surface area (TPSA) is 73.5 Å². The molecule has 0 radical (unpaired) electrons. The molecule has 1 aliphatic heterocycles. The number of carbonyl (C=O) groups excluding carboxylic acids is 2. The van der Waals surface area contributed by atoms with E-state index in [9.17, 15) is 9.59 Å². The van der Waals surface area contributed by atoms with E-state index in [2.05, 4.69) is 41.6 Å². The van der Waals surface area contributed by atoms with Crippen LogP contribution in [-0.2, 0) is 9.59 Å². The first kappa shape index (κ1) is 23.6. The fourth-order valence-corrected chi connectivity index (χ4v) is 4.30.